The third kappa shape index (κ3) is 5.12. The van der Waals surface area contributed by atoms with E-state index in [0.29, 0.717) is 19.4 Å². The van der Waals surface area contributed by atoms with Gasteiger partial charge in [0.1, 0.15) is 5.75 Å². The van der Waals surface area contributed by atoms with Crippen molar-refractivity contribution in [2.24, 2.45) is 5.92 Å². The van der Waals surface area contributed by atoms with Gasteiger partial charge in [-0.25, -0.2) is 0 Å². The van der Waals surface area contributed by atoms with Crippen LogP contribution in [0.15, 0.2) is 54.6 Å². The molecule has 6 nitrogen and oxygen atoms in total. The lowest BCUT2D eigenvalue weighted by molar-refractivity contribution is -0.141. The van der Waals surface area contributed by atoms with E-state index in [9.17, 15) is 9.59 Å². The maximum Gasteiger partial charge on any atom is 0.225 e. The van der Waals surface area contributed by atoms with Crippen LogP contribution in [-0.2, 0) is 9.59 Å². The standard InChI is InChI=1S/C24H31N3O3/c1-26(19-8-5-4-6-9-19)17-7-16-25-24(29)21-14-15-22(28)27(2)23(21)18-10-12-20(30-3)13-11-18/h4-6,8-13,21,23H,7,14-17H2,1-3H3,(H,25,29)/t21-,23+/m1/s1. The number of nitrogens with one attached hydrogen (secondary N) is 1. The van der Waals surface area contributed by atoms with Crippen LogP contribution in [0.2, 0.25) is 0 Å². The number of carbonyl (C=O) groups excluding carboxylic acids is 2. The van der Waals surface area contributed by atoms with Crippen LogP contribution in [0.5, 0.6) is 5.75 Å². The van der Waals surface area contributed by atoms with E-state index in [1.54, 1.807) is 19.1 Å². The molecule has 0 aliphatic carbocycles. The number of carbonyl (C=O) groups is 2. The quantitative estimate of drug-likeness (QED) is 0.680. The number of hydrogen-bond acceptors (Lipinski definition) is 4. The number of anilines is 1. The van der Waals surface area contributed by atoms with Gasteiger partial charge in [0.25, 0.3) is 0 Å². The van der Waals surface area contributed by atoms with Gasteiger partial charge in [0.15, 0.2) is 0 Å². The third-order valence-electron chi connectivity index (χ3n) is 5.82. The summed E-state index contributed by atoms with van der Waals surface area (Å²) < 4.78 is 5.23. The molecule has 1 aliphatic rings. The zero-order valence-corrected chi connectivity index (χ0v) is 18.0. The summed E-state index contributed by atoms with van der Waals surface area (Å²) >= 11 is 0. The molecule has 2 amide bonds. The van der Waals surface area contributed by atoms with Gasteiger partial charge in [0.2, 0.25) is 11.8 Å². The first kappa shape index (κ1) is 21.7. The summed E-state index contributed by atoms with van der Waals surface area (Å²) in [5.74, 6) is 0.585. The number of para-hydroxylation sites is 1. The smallest absolute Gasteiger partial charge is 0.225 e. The van der Waals surface area contributed by atoms with Crippen LogP contribution in [0.4, 0.5) is 5.69 Å². The maximum atomic E-state index is 13.0. The first-order chi connectivity index (χ1) is 14.5. The number of rotatable bonds is 8. The van der Waals surface area contributed by atoms with Gasteiger partial charge >= 0.3 is 0 Å². The monoisotopic (exact) mass is 409 g/mol. The largest absolute Gasteiger partial charge is 0.497 e. The lowest BCUT2D eigenvalue weighted by atomic mass is 9.84. The summed E-state index contributed by atoms with van der Waals surface area (Å²) in [7, 11) is 5.46. The van der Waals surface area contributed by atoms with Crippen LogP contribution >= 0.6 is 0 Å². The molecule has 1 saturated heterocycles. The zero-order chi connectivity index (χ0) is 21.5. The van der Waals surface area contributed by atoms with E-state index in [1.807, 2.05) is 42.5 Å². The number of piperidine rings is 1. The molecule has 0 saturated carbocycles. The minimum Gasteiger partial charge on any atom is -0.497 e. The first-order valence-electron chi connectivity index (χ1n) is 10.4. The van der Waals surface area contributed by atoms with E-state index in [2.05, 4.69) is 29.4 Å². The summed E-state index contributed by atoms with van der Waals surface area (Å²) in [6.45, 7) is 1.47. The minimum atomic E-state index is -0.260. The van der Waals surface area contributed by atoms with Crippen molar-refractivity contribution >= 4 is 17.5 Å². The average molecular weight is 410 g/mol. The van der Waals surface area contributed by atoms with Crippen LogP contribution in [0.3, 0.4) is 0 Å². The van der Waals surface area contributed by atoms with Crippen LogP contribution in [0.25, 0.3) is 0 Å². The van der Waals surface area contributed by atoms with E-state index >= 15 is 0 Å². The minimum absolute atomic E-state index is 0.0116. The fourth-order valence-electron chi connectivity index (χ4n) is 4.04. The highest BCUT2D eigenvalue weighted by Gasteiger charge is 2.38. The number of ether oxygens (including phenoxy) is 1. The highest BCUT2D eigenvalue weighted by atomic mass is 16.5. The second-order valence-electron chi connectivity index (χ2n) is 7.77. The van der Waals surface area contributed by atoms with Crippen molar-refractivity contribution in [3.05, 3.63) is 60.2 Å². The summed E-state index contributed by atoms with van der Waals surface area (Å²) in [5.41, 5.74) is 2.12. The summed E-state index contributed by atoms with van der Waals surface area (Å²) in [6.07, 6.45) is 1.82. The molecule has 3 rings (SSSR count). The molecular formula is C24H31N3O3. The molecule has 1 fully saturated rings. The third-order valence-corrected chi connectivity index (χ3v) is 5.82. The van der Waals surface area contributed by atoms with E-state index in [-0.39, 0.29) is 23.8 Å². The molecule has 1 heterocycles. The van der Waals surface area contributed by atoms with Crippen molar-refractivity contribution in [3.8, 4) is 5.75 Å². The molecule has 0 spiro atoms. The lowest BCUT2D eigenvalue weighted by Crippen LogP contribution is -2.46. The zero-order valence-electron chi connectivity index (χ0n) is 18.0. The van der Waals surface area contributed by atoms with Crippen molar-refractivity contribution in [1.82, 2.24) is 10.2 Å². The van der Waals surface area contributed by atoms with Crippen molar-refractivity contribution in [3.63, 3.8) is 0 Å². The van der Waals surface area contributed by atoms with Crippen molar-refractivity contribution < 1.29 is 14.3 Å². The van der Waals surface area contributed by atoms with Crippen LogP contribution in [0, 0.1) is 5.92 Å². The van der Waals surface area contributed by atoms with Gasteiger partial charge in [-0.2, -0.15) is 0 Å². The van der Waals surface area contributed by atoms with E-state index in [4.69, 9.17) is 4.74 Å². The van der Waals surface area contributed by atoms with Crippen LogP contribution < -0.4 is 15.0 Å². The van der Waals surface area contributed by atoms with Gasteiger partial charge in [-0.15, -0.1) is 0 Å². The first-order valence-corrected chi connectivity index (χ1v) is 10.4. The number of methoxy groups -OCH3 is 1. The Morgan fingerprint density at radius 2 is 1.87 bits per heavy atom. The molecule has 1 N–H and O–H groups in total. The normalized spacial score (nSPS) is 18.8. The number of hydrogen-bond donors (Lipinski definition) is 1. The van der Waals surface area contributed by atoms with E-state index in [0.717, 1.165) is 30.0 Å². The number of benzene rings is 2. The maximum absolute atomic E-state index is 13.0. The fourth-order valence-corrected chi connectivity index (χ4v) is 4.04. The van der Waals surface area contributed by atoms with Gasteiger partial charge in [-0.05, 0) is 42.7 Å². The highest BCUT2D eigenvalue weighted by Crippen LogP contribution is 2.36. The molecule has 2 aromatic rings. The van der Waals surface area contributed by atoms with Gasteiger partial charge in [-0.3, -0.25) is 9.59 Å². The number of amides is 2. The van der Waals surface area contributed by atoms with Crippen molar-refractivity contribution in [1.29, 1.82) is 0 Å². The van der Waals surface area contributed by atoms with Gasteiger partial charge in [0, 0.05) is 39.3 Å². The Hall–Kier alpha value is -3.02. The summed E-state index contributed by atoms with van der Waals surface area (Å²) in [5, 5.41) is 3.09. The Bertz CT molecular complexity index is 839. The second kappa shape index (κ2) is 10.1. The SMILES string of the molecule is COc1ccc([C@H]2[C@H](C(=O)NCCCN(C)c3ccccc3)CCC(=O)N2C)cc1. The van der Waals surface area contributed by atoms with Crippen molar-refractivity contribution in [2.75, 3.05) is 39.2 Å². The predicted molar refractivity (Wildman–Crippen MR) is 119 cm³/mol. The summed E-state index contributed by atoms with van der Waals surface area (Å²) in [6, 6.07) is 17.6. The molecule has 2 aromatic carbocycles. The Kier molecular flexibility index (Phi) is 7.33. The molecule has 2 atom stereocenters. The molecule has 0 unspecified atom stereocenters. The second-order valence-corrected chi connectivity index (χ2v) is 7.77. The van der Waals surface area contributed by atoms with Gasteiger partial charge in [-0.1, -0.05) is 30.3 Å². The van der Waals surface area contributed by atoms with Crippen LogP contribution in [0.1, 0.15) is 30.9 Å². The molecule has 30 heavy (non-hydrogen) atoms. The Balaban J connectivity index is 1.59. The molecular weight excluding hydrogens is 378 g/mol. The van der Waals surface area contributed by atoms with Crippen molar-refractivity contribution in [2.45, 2.75) is 25.3 Å². The van der Waals surface area contributed by atoms with Gasteiger partial charge in [0.05, 0.1) is 19.1 Å². The average Bonchev–Trinajstić information content (AvgIpc) is 2.78. The predicted octanol–water partition coefficient (Wildman–Crippen LogP) is 3.25. The Labute approximate surface area is 178 Å². The molecule has 0 bridgehead atoms. The lowest BCUT2D eigenvalue weighted by Gasteiger charge is -2.38. The topological polar surface area (TPSA) is 61.9 Å². The molecule has 0 radical (unpaired) electrons. The number of likely N-dealkylation sites (tertiary alicyclic amines) is 1. The highest BCUT2D eigenvalue weighted by molar-refractivity contribution is 5.84. The van der Waals surface area contributed by atoms with E-state index < -0.39 is 0 Å². The molecule has 160 valence electrons. The fraction of sp³-hybridized carbons (Fsp3) is 0.417. The van der Waals surface area contributed by atoms with Gasteiger partial charge < -0.3 is 19.9 Å². The Morgan fingerprint density at radius 1 is 1.17 bits per heavy atom. The Morgan fingerprint density at radius 3 is 2.53 bits per heavy atom. The molecule has 6 heteroatoms. The number of nitrogens with zero attached hydrogens (tertiary/aromatic N) is 2. The molecule has 0 aromatic heterocycles. The van der Waals surface area contributed by atoms with Crippen LogP contribution in [-0.4, -0.2) is 51.0 Å². The van der Waals surface area contributed by atoms with E-state index in [1.165, 1.54) is 0 Å². The summed E-state index contributed by atoms with van der Waals surface area (Å²) in [4.78, 5) is 29.2. The molecule has 1 aliphatic heterocycles.